The Bertz CT molecular complexity index is 624. The molecular weight excluding hydrogens is 260 g/mol. The molecule has 0 spiro atoms. The molecule has 0 radical (unpaired) electrons. The Balaban J connectivity index is 2.37. The molecule has 0 aromatic heterocycles. The number of hydrogen-bond donors (Lipinski definition) is 1. The molecule has 0 saturated carbocycles. The molecule has 1 aromatic rings. The van der Waals surface area contributed by atoms with Crippen molar-refractivity contribution in [3.05, 3.63) is 41.5 Å². The van der Waals surface area contributed by atoms with Crippen molar-refractivity contribution in [1.29, 1.82) is 0 Å². The Morgan fingerprint density at radius 2 is 1.95 bits per heavy atom. The van der Waals surface area contributed by atoms with Crippen LogP contribution in [0.15, 0.2) is 24.3 Å². The van der Waals surface area contributed by atoms with Gasteiger partial charge in [0.1, 0.15) is 18.2 Å². The number of amides is 2. The van der Waals surface area contributed by atoms with Gasteiger partial charge in [-0.05, 0) is 12.1 Å². The first-order valence-corrected chi connectivity index (χ1v) is 5.15. The van der Waals surface area contributed by atoms with E-state index in [4.69, 9.17) is 5.11 Å². The van der Waals surface area contributed by atoms with E-state index in [9.17, 15) is 23.2 Å². The number of rotatable bonds is 3. The summed E-state index contributed by atoms with van der Waals surface area (Å²) in [5, 5.41) is 8.56. The number of carboxylic acids is 1. The molecule has 1 aliphatic heterocycles. The zero-order valence-corrected chi connectivity index (χ0v) is 9.39. The van der Waals surface area contributed by atoms with E-state index in [0.29, 0.717) is 11.0 Å². The van der Waals surface area contributed by atoms with Crippen molar-refractivity contribution in [2.45, 2.75) is 0 Å². The highest BCUT2D eigenvalue weighted by Gasteiger charge is 2.34. The highest BCUT2D eigenvalue weighted by atomic mass is 19.1. The molecule has 0 saturated heterocycles. The average molecular weight is 267 g/mol. The van der Waals surface area contributed by atoms with Gasteiger partial charge in [-0.2, -0.15) is 0 Å². The fraction of sp³-hybridized carbons (Fsp3) is 0.0833. The lowest BCUT2D eigenvalue weighted by molar-refractivity contribution is -0.147. The van der Waals surface area contributed by atoms with Gasteiger partial charge in [0.2, 0.25) is 0 Å². The third kappa shape index (κ3) is 2.35. The molecule has 0 fully saturated rings. The van der Waals surface area contributed by atoms with Crippen molar-refractivity contribution < 1.29 is 28.3 Å². The Kier molecular flexibility index (Phi) is 3.12. The highest BCUT2D eigenvalue weighted by molar-refractivity contribution is 6.33. The van der Waals surface area contributed by atoms with Gasteiger partial charge in [-0.25, -0.2) is 8.78 Å². The van der Waals surface area contributed by atoms with Crippen LogP contribution < -0.4 is 0 Å². The second kappa shape index (κ2) is 4.60. The smallest absolute Gasteiger partial charge is 0.323 e. The fourth-order valence-electron chi connectivity index (χ4n) is 1.69. The van der Waals surface area contributed by atoms with Gasteiger partial charge in [0.15, 0.2) is 0 Å². The number of nitrogens with zero attached hydrogens (tertiary/aromatic N) is 1. The van der Waals surface area contributed by atoms with Crippen molar-refractivity contribution in [2.75, 3.05) is 6.54 Å². The van der Waals surface area contributed by atoms with E-state index in [0.717, 1.165) is 18.2 Å². The van der Waals surface area contributed by atoms with Crippen LogP contribution in [0.1, 0.15) is 5.56 Å². The largest absolute Gasteiger partial charge is 0.480 e. The number of hydrogen-bond acceptors (Lipinski definition) is 3. The van der Waals surface area contributed by atoms with E-state index < -0.39 is 36.0 Å². The molecule has 0 aliphatic carbocycles. The van der Waals surface area contributed by atoms with Crippen LogP contribution in [0.2, 0.25) is 0 Å². The number of benzene rings is 1. The van der Waals surface area contributed by atoms with E-state index in [1.165, 1.54) is 0 Å². The van der Waals surface area contributed by atoms with E-state index in [2.05, 4.69) is 0 Å². The SMILES string of the molecule is O=C(O)CN1C(=O)C=C(c2ccc(F)cc2F)C1=O. The average Bonchev–Trinajstić information content (AvgIpc) is 2.57. The summed E-state index contributed by atoms with van der Waals surface area (Å²) >= 11 is 0. The summed E-state index contributed by atoms with van der Waals surface area (Å²) in [6.45, 7) is -0.805. The summed E-state index contributed by atoms with van der Waals surface area (Å²) in [5.41, 5.74) is -0.531. The molecule has 7 heteroatoms. The summed E-state index contributed by atoms with van der Waals surface area (Å²) in [7, 11) is 0. The summed E-state index contributed by atoms with van der Waals surface area (Å²) in [6, 6.07) is 2.54. The second-order valence-electron chi connectivity index (χ2n) is 3.81. The number of imide groups is 1. The van der Waals surface area contributed by atoms with Crippen molar-refractivity contribution in [1.82, 2.24) is 4.90 Å². The van der Waals surface area contributed by atoms with Crippen molar-refractivity contribution in [3.8, 4) is 0 Å². The topological polar surface area (TPSA) is 74.7 Å². The van der Waals surface area contributed by atoms with Crippen LogP contribution in [-0.4, -0.2) is 34.3 Å². The van der Waals surface area contributed by atoms with Gasteiger partial charge < -0.3 is 5.11 Å². The fourth-order valence-corrected chi connectivity index (χ4v) is 1.69. The number of aliphatic carboxylic acids is 1. The lowest BCUT2D eigenvalue weighted by Gasteiger charge is -2.11. The first kappa shape index (κ1) is 12.9. The first-order valence-electron chi connectivity index (χ1n) is 5.15. The molecule has 5 nitrogen and oxygen atoms in total. The van der Waals surface area contributed by atoms with Gasteiger partial charge >= 0.3 is 5.97 Å². The molecule has 2 amide bonds. The van der Waals surface area contributed by atoms with E-state index in [1.807, 2.05) is 0 Å². The van der Waals surface area contributed by atoms with Gasteiger partial charge in [0.25, 0.3) is 11.8 Å². The molecule has 0 unspecified atom stereocenters. The Labute approximate surface area is 105 Å². The molecule has 0 atom stereocenters. The molecule has 1 N–H and O–H groups in total. The molecule has 2 rings (SSSR count). The van der Waals surface area contributed by atoms with Crippen LogP contribution in [0.3, 0.4) is 0 Å². The van der Waals surface area contributed by atoms with Crippen molar-refractivity contribution >= 4 is 23.4 Å². The van der Waals surface area contributed by atoms with Crippen LogP contribution in [0.5, 0.6) is 0 Å². The number of carbonyl (C=O) groups is 3. The van der Waals surface area contributed by atoms with Crippen LogP contribution in [0, 0.1) is 11.6 Å². The summed E-state index contributed by atoms with van der Waals surface area (Å²) in [5.74, 6) is -4.94. The zero-order valence-electron chi connectivity index (χ0n) is 9.39. The molecule has 1 heterocycles. The van der Waals surface area contributed by atoms with Gasteiger partial charge in [-0.1, -0.05) is 0 Å². The molecule has 1 aromatic carbocycles. The minimum absolute atomic E-state index is 0.243. The Hall–Kier alpha value is -2.57. The second-order valence-corrected chi connectivity index (χ2v) is 3.81. The maximum absolute atomic E-state index is 13.5. The van der Waals surface area contributed by atoms with Crippen molar-refractivity contribution in [3.63, 3.8) is 0 Å². The summed E-state index contributed by atoms with van der Waals surface area (Å²) in [4.78, 5) is 34.2. The number of halogens is 2. The van der Waals surface area contributed by atoms with Gasteiger partial charge in [0.05, 0.1) is 5.57 Å². The number of carboxylic acid groups (broad SMARTS) is 1. The molecular formula is C12H7F2NO4. The van der Waals surface area contributed by atoms with Crippen molar-refractivity contribution in [2.24, 2.45) is 0 Å². The molecule has 0 bridgehead atoms. The standard InChI is InChI=1S/C12H7F2NO4/c13-6-1-2-7(9(14)3-6)8-4-10(16)15(12(8)19)5-11(17)18/h1-4H,5H2,(H,17,18). The quantitative estimate of drug-likeness (QED) is 0.822. The monoisotopic (exact) mass is 267 g/mol. The molecule has 1 aliphatic rings. The van der Waals surface area contributed by atoms with Gasteiger partial charge in [0, 0.05) is 17.7 Å². The Morgan fingerprint density at radius 1 is 1.26 bits per heavy atom. The third-order valence-electron chi connectivity index (χ3n) is 2.52. The van der Waals surface area contributed by atoms with Crippen LogP contribution >= 0.6 is 0 Å². The maximum atomic E-state index is 13.5. The van der Waals surface area contributed by atoms with E-state index in [1.54, 1.807) is 0 Å². The zero-order chi connectivity index (χ0) is 14.2. The maximum Gasteiger partial charge on any atom is 0.323 e. The molecule has 98 valence electrons. The normalized spacial score (nSPS) is 14.8. The highest BCUT2D eigenvalue weighted by Crippen LogP contribution is 2.25. The lowest BCUT2D eigenvalue weighted by atomic mass is 10.1. The summed E-state index contributed by atoms with van der Waals surface area (Å²) < 4.78 is 26.3. The van der Waals surface area contributed by atoms with Crippen LogP contribution in [0.25, 0.3) is 5.57 Å². The molecule has 19 heavy (non-hydrogen) atoms. The Morgan fingerprint density at radius 3 is 2.53 bits per heavy atom. The lowest BCUT2D eigenvalue weighted by Crippen LogP contribution is -2.35. The summed E-state index contributed by atoms with van der Waals surface area (Å²) in [6.07, 6.45) is 0.835. The number of carbonyl (C=O) groups excluding carboxylic acids is 2. The van der Waals surface area contributed by atoms with Crippen LogP contribution in [-0.2, 0) is 14.4 Å². The predicted molar refractivity (Wildman–Crippen MR) is 58.7 cm³/mol. The van der Waals surface area contributed by atoms with Crippen LogP contribution in [0.4, 0.5) is 8.78 Å². The van der Waals surface area contributed by atoms with Gasteiger partial charge in [-0.3, -0.25) is 19.3 Å². The van der Waals surface area contributed by atoms with E-state index in [-0.39, 0.29) is 11.1 Å². The first-order chi connectivity index (χ1) is 8.90. The van der Waals surface area contributed by atoms with Gasteiger partial charge in [-0.15, -0.1) is 0 Å². The van der Waals surface area contributed by atoms with E-state index >= 15 is 0 Å². The minimum atomic E-state index is -1.36. The minimum Gasteiger partial charge on any atom is -0.480 e. The third-order valence-corrected chi connectivity index (χ3v) is 2.52. The predicted octanol–water partition coefficient (Wildman–Crippen LogP) is 0.802.